The zero-order chi connectivity index (χ0) is 10.8. The van der Waals surface area contributed by atoms with E-state index in [9.17, 15) is 5.11 Å². The van der Waals surface area contributed by atoms with E-state index in [1.54, 1.807) is 6.07 Å². The summed E-state index contributed by atoms with van der Waals surface area (Å²) in [5.74, 6) is 0.822. The molecule has 0 saturated carbocycles. The number of phenolic OH excluding ortho intramolecular Hbond substituents is 1. The van der Waals surface area contributed by atoms with E-state index in [-0.39, 0.29) is 5.75 Å². The van der Waals surface area contributed by atoms with E-state index < -0.39 is 0 Å². The molecule has 0 spiro atoms. The van der Waals surface area contributed by atoms with Crippen LogP contribution < -0.4 is 0 Å². The minimum atomic E-state index is 0.274. The van der Waals surface area contributed by atoms with Crippen molar-refractivity contribution in [1.82, 2.24) is 4.90 Å². The van der Waals surface area contributed by atoms with E-state index in [1.807, 2.05) is 12.1 Å². The van der Waals surface area contributed by atoms with Gasteiger partial charge in [0.25, 0.3) is 0 Å². The van der Waals surface area contributed by atoms with E-state index >= 15 is 0 Å². The third-order valence-electron chi connectivity index (χ3n) is 3.09. The van der Waals surface area contributed by atoms with Crippen molar-refractivity contribution in [2.45, 2.75) is 18.8 Å². The predicted octanol–water partition coefficient (Wildman–Crippen LogP) is 2.85. The van der Waals surface area contributed by atoms with Gasteiger partial charge in [0.1, 0.15) is 5.75 Å². The van der Waals surface area contributed by atoms with Crippen molar-refractivity contribution in [1.29, 1.82) is 0 Å². The van der Waals surface area contributed by atoms with Gasteiger partial charge in [-0.1, -0.05) is 11.6 Å². The number of nitrogens with zero attached hydrogens (tertiary/aromatic N) is 1. The maximum absolute atomic E-state index is 9.48. The third-order valence-corrected chi connectivity index (χ3v) is 3.31. The van der Waals surface area contributed by atoms with Crippen molar-refractivity contribution >= 4 is 11.6 Å². The van der Waals surface area contributed by atoms with Crippen molar-refractivity contribution in [3.05, 3.63) is 28.8 Å². The van der Waals surface area contributed by atoms with Crippen LogP contribution in [0, 0.1) is 0 Å². The lowest BCUT2D eigenvalue weighted by molar-refractivity contribution is 0.255. The highest BCUT2D eigenvalue weighted by molar-refractivity contribution is 6.30. The second-order valence-corrected chi connectivity index (χ2v) is 4.76. The van der Waals surface area contributed by atoms with Gasteiger partial charge in [0.2, 0.25) is 0 Å². The summed E-state index contributed by atoms with van der Waals surface area (Å²) in [7, 11) is 2.14. The van der Waals surface area contributed by atoms with Gasteiger partial charge in [-0.3, -0.25) is 0 Å². The van der Waals surface area contributed by atoms with Crippen LogP contribution in [0.1, 0.15) is 24.3 Å². The summed E-state index contributed by atoms with van der Waals surface area (Å²) in [4.78, 5) is 2.33. The van der Waals surface area contributed by atoms with Crippen LogP contribution in [0.2, 0.25) is 5.02 Å². The van der Waals surface area contributed by atoms with Crippen LogP contribution in [0.3, 0.4) is 0 Å². The quantitative estimate of drug-likeness (QED) is 0.795. The van der Waals surface area contributed by atoms with E-state index in [4.69, 9.17) is 11.6 Å². The maximum Gasteiger partial charge on any atom is 0.117 e. The monoisotopic (exact) mass is 225 g/mol. The van der Waals surface area contributed by atoms with Gasteiger partial charge in [0, 0.05) is 5.02 Å². The van der Waals surface area contributed by atoms with Crippen molar-refractivity contribution in [2.75, 3.05) is 20.1 Å². The lowest BCUT2D eigenvalue weighted by Crippen LogP contribution is -2.29. The molecular formula is C12H16ClNO. The molecule has 1 heterocycles. The van der Waals surface area contributed by atoms with Crippen LogP contribution in [0.5, 0.6) is 5.75 Å². The Morgan fingerprint density at radius 2 is 1.93 bits per heavy atom. The van der Waals surface area contributed by atoms with E-state index in [2.05, 4.69) is 11.9 Å². The summed E-state index contributed by atoms with van der Waals surface area (Å²) in [5.41, 5.74) is 1.17. The number of aromatic hydroxyl groups is 1. The van der Waals surface area contributed by atoms with Crippen LogP contribution in [-0.4, -0.2) is 30.1 Å². The number of halogens is 1. The number of piperidine rings is 1. The number of hydrogen-bond acceptors (Lipinski definition) is 2. The van der Waals surface area contributed by atoms with Gasteiger partial charge in [-0.2, -0.15) is 0 Å². The molecule has 2 rings (SSSR count). The summed E-state index contributed by atoms with van der Waals surface area (Å²) in [5, 5.41) is 10.1. The minimum Gasteiger partial charge on any atom is -0.508 e. The largest absolute Gasteiger partial charge is 0.508 e. The summed E-state index contributed by atoms with van der Waals surface area (Å²) >= 11 is 5.93. The molecule has 1 fully saturated rings. The predicted molar refractivity (Wildman–Crippen MR) is 62.6 cm³/mol. The molecule has 1 aliphatic rings. The average molecular weight is 226 g/mol. The van der Waals surface area contributed by atoms with Crippen LogP contribution in [0.15, 0.2) is 18.2 Å². The Balaban J connectivity index is 2.15. The highest BCUT2D eigenvalue weighted by Crippen LogP contribution is 2.31. The molecule has 1 aliphatic heterocycles. The molecule has 15 heavy (non-hydrogen) atoms. The third kappa shape index (κ3) is 2.64. The standard InChI is InChI=1S/C12H16ClNO/c1-14-4-2-9(3-5-14)10-6-11(13)8-12(15)7-10/h6-9,15H,2-5H2,1H3. The fourth-order valence-corrected chi connectivity index (χ4v) is 2.41. The van der Waals surface area contributed by atoms with Gasteiger partial charge in [0.15, 0.2) is 0 Å². The molecule has 3 heteroatoms. The molecule has 0 aliphatic carbocycles. The zero-order valence-corrected chi connectivity index (χ0v) is 9.67. The first-order valence-corrected chi connectivity index (χ1v) is 5.71. The van der Waals surface area contributed by atoms with Crippen LogP contribution in [0.4, 0.5) is 0 Å². The van der Waals surface area contributed by atoms with Crippen molar-refractivity contribution in [3.63, 3.8) is 0 Å². The molecular weight excluding hydrogens is 210 g/mol. The van der Waals surface area contributed by atoms with Gasteiger partial charge in [-0.05, 0) is 62.7 Å². The molecule has 1 saturated heterocycles. The lowest BCUT2D eigenvalue weighted by atomic mass is 9.89. The Morgan fingerprint density at radius 1 is 1.27 bits per heavy atom. The highest BCUT2D eigenvalue weighted by atomic mass is 35.5. The number of benzene rings is 1. The highest BCUT2D eigenvalue weighted by Gasteiger charge is 2.18. The van der Waals surface area contributed by atoms with E-state index in [0.29, 0.717) is 10.9 Å². The molecule has 0 atom stereocenters. The Labute approximate surface area is 95.5 Å². The van der Waals surface area contributed by atoms with Crippen LogP contribution in [0.25, 0.3) is 0 Å². The van der Waals surface area contributed by atoms with Crippen molar-refractivity contribution < 1.29 is 5.11 Å². The fraction of sp³-hybridized carbons (Fsp3) is 0.500. The minimum absolute atomic E-state index is 0.274. The van der Waals surface area contributed by atoms with Crippen LogP contribution >= 0.6 is 11.6 Å². The average Bonchev–Trinajstić information content (AvgIpc) is 2.17. The number of rotatable bonds is 1. The fourth-order valence-electron chi connectivity index (χ4n) is 2.17. The lowest BCUT2D eigenvalue weighted by Gasteiger charge is -2.29. The summed E-state index contributed by atoms with van der Waals surface area (Å²) in [6.45, 7) is 2.25. The summed E-state index contributed by atoms with van der Waals surface area (Å²) in [6.07, 6.45) is 2.30. The Kier molecular flexibility index (Phi) is 3.17. The van der Waals surface area contributed by atoms with Gasteiger partial charge in [-0.15, -0.1) is 0 Å². The molecule has 2 nitrogen and oxygen atoms in total. The maximum atomic E-state index is 9.48. The van der Waals surface area contributed by atoms with Crippen molar-refractivity contribution in [3.8, 4) is 5.75 Å². The molecule has 1 N–H and O–H groups in total. The summed E-state index contributed by atoms with van der Waals surface area (Å²) < 4.78 is 0. The number of phenols is 1. The molecule has 1 aromatic rings. The summed E-state index contributed by atoms with van der Waals surface area (Å²) in [6, 6.07) is 5.39. The van der Waals surface area contributed by atoms with Gasteiger partial charge in [-0.25, -0.2) is 0 Å². The molecule has 1 aromatic carbocycles. The molecule has 0 radical (unpaired) electrons. The smallest absolute Gasteiger partial charge is 0.117 e. The van der Waals surface area contributed by atoms with E-state index in [1.165, 1.54) is 5.56 Å². The molecule has 0 aromatic heterocycles. The van der Waals surface area contributed by atoms with Crippen LogP contribution in [-0.2, 0) is 0 Å². The Hall–Kier alpha value is -0.730. The number of likely N-dealkylation sites (tertiary alicyclic amines) is 1. The van der Waals surface area contributed by atoms with Gasteiger partial charge >= 0.3 is 0 Å². The first kappa shape index (κ1) is 10.8. The topological polar surface area (TPSA) is 23.5 Å². The first-order valence-electron chi connectivity index (χ1n) is 5.33. The zero-order valence-electron chi connectivity index (χ0n) is 8.91. The molecule has 0 amide bonds. The molecule has 0 unspecified atom stereocenters. The van der Waals surface area contributed by atoms with Gasteiger partial charge < -0.3 is 10.0 Å². The second-order valence-electron chi connectivity index (χ2n) is 4.32. The molecule has 0 bridgehead atoms. The van der Waals surface area contributed by atoms with Gasteiger partial charge in [0.05, 0.1) is 0 Å². The van der Waals surface area contributed by atoms with Crippen molar-refractivity contribution in [2.24, 2.45) is 0 Å². The first-order chi connectivity index (χ1) is 7.15. The second kappa shape index (κ2) is 4.42. The normalized spacial score (nSPS) is 19.3. The SMILES string of the molecule is CN1CCC(c2cc(O)cc(Cl)c2)CC1. The van der Waals surface area contributed by atoms with E-state index in [0.717, 1.165) is 25.9 Å². The number of hydrogen-bond donors (Lipinski definition) is 1. The Bertz CT molecular complexity index is 325. The Morgan fingerprint density at radius 3 is 2.53 bits per heavy atom. The molecule has 82 valence electrons.